The Balaban J connectivity index is 2.18. The van der Waals surface area contributed by atoms with E-state index in [2.05, 4.69) is 4.90 Å². The molecule has 1 unspecified atom stereocenters. The number of hydrogen-bond acceptors (Lipinski definition) is 3. The Morgan fingerprint density at radius 2 is 2.22 bits per heavy atom. The fraction of sp³-hybridized carbons (Fsp3) is 0.533. The van der Waals surface area contributed by atoms with E-state index in [9.17, 15) is 4.79 Å². The molecule has 1 atom stereocenters. The van der Waals surface area contributed by atoms with Crippen LogP contribution < -0.4 is 4.90 Å². The van der Waals surface area contributed by atoms with Crippen LogP contribution in [0.15, 0.2) is 24.3 Å². The fourth-order valence-corrected chi connectivity index (χ4v) is 2.75. The van der Waals surface area contributed by atoms with Crippen LogP contribution in [0.2, 0.25) is 0 Å². The first kappa shape index (κ1) is 13.1. The number of ketones is 1. The van der Waals surface area contributed by atoms with Gasteiger partial charge in [-0.05, 0) is 44.2 Å². The second-order valence-corrected chi connectivity index (χ2v) is 5.04. The lowest BCUT2D eigenvalue weighted by Crippen LogP contribution is -2.36. The maximum absolute atomic E-state index is 11.6. The van der Waals surface area contributed by atoms with Crippen molar-refractivity contribution in [3.8, 4) is 0 Å². The van der Waals surface area contributed by atoms with Crippen molar-refractivity contribution >= 4 is 11.5 Å². The SMILES string of the molecule is CC(=O)c1ccccc1N1CCCC(CCO)C1. The summed E-state index contributed by atoms with van der Waals surface area (Å²) >= 11 is 0. The lowest BCUT2D eigenvalue weighted by Gasteiger charge is -2.35. The van der Waals surface area contributed by atoms with Crippen molar-refractivity contribution in [2.75, 3.05) is 24.6 Å². The number of anilines is 1. The third kappa shape index (κ3) is 2.91. The number of aliphatic hydroxyl groups is 1. The van der Waals surface area contributed by atoms with Crippen molar-refractivity contribution in [3.63, 3.8) is 0 Å². The molecule has 0 aliphatic carbocycles. The number of carbonyl (C=O) groups is 1. The molecule has 3 heteroatoms. The first-order valence-electron chi connectivity index (χ1n) is 6.68. The van der Waals surface area contributed by atoms with Crippen molar-refractivity contribution < 1.29 is 9.90 Å². The molecule has 1 N–H and O–H groups in total. The Labute approximate surface area is 108 Å². The van der Waals surface area contributed by atoms with Gasteiger partial charge in [0.1, 0.15) is 0 Å². The van der Waals surface area contributed by atoms with Crippen molar-refractivity contribution in [1.82, 2.24) is 0 Å². The number of para-hydroxylation sites is 1. The van der Waals surface area contributed by atoms with Crippen LogP contribution >= 0.6 is 0 Å². The summed E-state index contributed by atoms with van der Waals surface area (Å²) in [6.07, 6.45) is 3.18. The van der Waals surface area contributed by atoms with E-state index >= 15 is 0 Å². The molecule has 1 heterocycles. The van der Waals surface area contributed by atoms with Crippen molar-refractivity contribution in [2.24, 2.45) is 5.92 Å². The highest BCUT2D eigenvalue weighted by Crippen LogP contribution is 2.27. The van der Waals surface area contributed by atoms with Crippen LogP contribution in [0.3, 0.4) is 0 Å². The number of aliphatic hydroxyl groups excluding tert-OH is 1. The fourth-order valence-electron chi connectivity index (χ4n) is 2.75. The highest BCUT2D eigenvalue weighted by Gasteiger charge is 2.22. The van der Waals surface area contributed by atoms with Crippen LogP contribution in [-0.2, 0) is 0 Å². The molecule has 0 bridgehead atoms. The Kier molecular flexibility index (Phi) is 4.37. The van der Waals surface area contributed by atoms with Gasteiger partial charge < -0.3 is 10.0 Å². The van der Waals surface area contributed by atoms with Crippen molar-refractivity contribution in [2.45, 2.75) is 26.2 Å². The number of piperidine rings is 1. The second kappa shape index (κ2) is 6.01. The average molecular weight is 247 g/mol. The van der Waals surface area contributed by atoms with Crippen LogP contribution in [0.5, 0.6) is 0 Å². The Morgan fingerprint density at radius 1 is 1.44 bits per heavy atom. The third-order valence-electron chi connectivity index (χ3n) is 3.68. The minimum Gasteiger partial charge on any atom is -0.396 e. The van der Waals surface area contributed by atoms with Gasteiger partial charge in [-0.2, -0.15) is 0 Å². The molecule has 0 spiro atoms. The van der Waals surface area contributed by atoms with Gasteiger partial charge >= 0.3 is 0 Å². The van der Waals surface area contributed by atoms with Gasteiger partial charge in [-0.3, -0.25) is 4.79 Å². The van der Waals surface area contributed by atoms with Gasteiger partial charge in [-0.25, -0.2) is 0 Å². The van der Waals surface area contributed by atoms with Gasteiger partial charge in [0, 0.05) is 30.9 Å². The molecule has 1 saturated heterocycles. The maximum Gasteiger partial charge on any atom is 0.161 e. The minimum absolute atomic E-state index is 0.120. The van der Waals surface area contributed by atoms with Gasteiger partial charge in [0.15, 0.2) is 5.78 Å². The van der Waals surface area contributed by atoms with Crippen LogP contribution in [0, 0.1) is 5.92 Å². The molecule has 1 aliphatic rings. The molecule has 1 aromatic rings. The molecule has 1 fully saturated rings. The van der Waals surface area contributed by atoms with E-state index in [0.717, 1.165) is 37.2 Å². The number of hydrogen-bond donors (Lipinski definition) is 1. The van der Waals surface area contributed by atoms with Crippen molar-refractivity contribution in [1.29, 1.82) is 0 Å². The van der Waals surface area contributed by atoms with E-state index in [-0.39, 0.29) is 12.4 Å². The molecular formula is C15H21NO2. The average Bonchev–Trinajstić information content (AvgIpc) is 2.39. The van der Waals surface area contributed by atoms with E-state index in [1.807, 2.05) is 24.3 Å². The van der Waals surface area contributed by atoms with E-state index < -0.39 is 0 Å². The standard InChI is InChI=1S/C15H21NO2/c1-12(18)14-6-2-3-7-15(14)16-9-4-5-13(11-16)8-10-17/h2-3,6-7,13,17H,4-5,8-11H2,1H3. The molecule has 98 valence electrons. The summed E-state index contributed by atoms with van der Waals surface area (Å²) in [5, 5.41) is 9.05. The van der Waals surface area contributed by atoms with Gasteiger partial charge in [-0.15, -0.1) is 0 Å². The van der Waals surface area contributed by atoms with Gasteiger partial charge in [0.25, 0.3) is 0 Å². The zero-order chi connectivity index (χ0) is 13.0. The van der Waals surface area contributed by atoms with Gasteiger partial charge in [-0.1, -0.05) is 12.1 Å². The predicted octanol–water partition coefficient (Wildman–Crippen LogP) is 2.49. The number of Topliss-reactive ketones (excluding diaryl/α,β-unsaturated/α-hetero) is 1. The highest BCUT2D eigenvalue weighted by atomic mass is 16.3. The zero-order valence-corrected chi connectivity index (χ0v) is 10.9. The monoisotopic (exact) mass is 247 g/mol. The molecular weight excluding hydrogens is 226 g/mol. The normalized spacial score (nSPS) is 19.9. The summed E-state index contributed by atoms with van der Waals surface area (Å²) < 4.78 is 0. The minimum atomic E-state index is 0.120. The smallest absolute Gasteiger partial charge is 0.161 e. The predicted molar refractivity (Wildman–Crippen MR) is 73.1 cm³/mol. The summed E-state index contributed by atoms with van der Waals surface area (Å²) in [5.74, 6) is 0.665. The summed E-state index contributed by atoms with van der Waals surface area (Å²) in [5.41, 5.74) is 1.86. The van der Waals surface area contributed by atoms with Crippen LogP contribution in [0.4, 0.5) is 5.69 Å². The second-order valence-electron chi connectivity index (χ2n) is 5.04. The van der Waals surface area contributed by atoms with E-state index in [1.54, 1.807) is 6.92 Å². The first-order valence-corrected chi connectivity index (χ1v) is 6.68. The summed E-state index contributed by atoms with van der Waals surface area (Å²) in [4.78, 5) is 13.9. The Bertz CT molecular complexity index is 415. The summed E-state index contributed by atoms with van der Waals surface area (Å²) in [7, 11) is 0. The molecule has 18 heavy (non-hydrogen) atoms. The van der Waals surface area contributed by atoms with Crippen molar-refractivity contribution in [3.05, 3.63) is 29.8 Å². The molecule has 2 rings (SSSR count). The zero-order valence-electron chi connectivity index (χ0n) is 10.9. The topological polar surface area (TPSA) is 40.5 Å². The molecule has 1 aliphatic heterocycles. The Hall–Kier alpha value is -1.35. The largest absolute Gasteiger partial charge is 0.396 e. The van der Waals surface area contributed by atoms with E-state index in [0.29, 0.717) is 5.92 Å². The number of nitrogens with zero attached hydrogens (tertiary/aromatic N) is 1. The quantitative estimate of drug-likeness (QED) is 0.831. The lowest BCUT2D eigenvalue weighted by atomic mass is 9.94. The number of benzene rings is 1. The third-order valence-corrected chi connectivity index (χ3v) is 3.68. The molecule has 1 aromatic carbocycles. The molecule has 0 saturated carbocycles. The first-order chi connectivity index (χ1) is 8.72. The van der Waals surface area contributed by atoms with Gasteiger partial charge in [0.05, 0.1) is 0 Å². The Morgan fingerprint density at radius 3 is 2.94 bits per heavy atom. The number of rotatable bonds is 4. The lowest BCUT2D eigenvalue weighted by molar-refractivity contribution is 0.101. The molecule has 3 nitrogen and oxygen atoms in total. The number of carbonyl (C=O) groups excluding carboxylic acids is 1. The molecule has 0 aromatic heterocycles. The summed E-state index contributed by atoms with van der Waals surface area (Å²) in [6.45, 7) is 3.83. The van der Waals surface area contributed by atoms with E-state index in [4.69, 9.17) is 5.11 Å². The molecule has 0 radical (unpaired) electrons. The van der Waals surface area contributed by atoms with Crippen LogP contribution in [0.1, 0.15) is 36.5 Å². The maximum atomic E-state index is 11.6. The molecule has 0 amide bonds. The van der Waals surface area contributed by atoms with Gasteiger partial charge in [0.2, 0.25) is 0 Å². The van der Waals surface area contributed by atoms with Crippen LogP contribution in [0.25, 0.3) is 0 Å². The van der Waals surface area contributed by atoms with Crippen LogP contribution in [-0.4, -0.2) is 30.6 Å². The highest BCUT2D eigenvalue weighted by molar-refractivity contribution is 5.99. The van der Waals surface area contributed by atoms with E-state index in [1.165, 1.54) is 6.42 Å². The summed E-state index contributed by atoms with van der Waals surface area (Å²) in [6, 6.07) is 7.82.